The molecule has 12 heteroatoms. The fourth-order valence-corrected chi connectivity index (χ4v) is 5.28. The number of anilines is 1. The van der Waals surface area contributed by atoms with Crippen molar-refractivity contribution in [2.45, 2.75) is 30.4 Å². The number of nitrogens with zero attached hydrogens (tertiary/aromatic N) is 4. The first kappa shape index (κ1) is 25.2. The predicted octanol–water partition coefficient (Wildman–Crippen LogP) is 3.38. The van der Waals surface area contributed by atoms with Gasteiger partial charge >= 0.3 is 5.97 Å². The molecule has 11 nitrogen and oxygen atoms in total. The van der Waals surface area contributed by atoms with E-state index in [1.54, 1.807) is 19.2 Å². The number of piperidine rings is 1. The highest BCUT2D eigenvalue weighted by atomic mass is 32.2. The molecule has 2 saturated heterocycles. The normalized spacial score (nSPS) is 19.6. The van der Waals surface area contributed by atoms with Crippen molar-refractivity contribution >= 4 is 46.4 Å². The van der Waals surface area contributed by atoms with Crippen molar-refractivity contribution in [2.75, 3.05) is 25.1 Å². The van der Waals surface area contributed by atoms with Crippen molar-refractivity contribution < 1.29 is 24.4 Å². The number of aliphatic carboxylic acids is 1. The van der Waals surface area contributed by atoms with Gasteiger partial charge in [0.15, 0.2) is 5.17 Å². The maximum atomic E-state index is 11.8. The summed E-state index contributed by atoms with van der Waals surface area (Å²) in [6, 6.07) is 12.8. The molecule has 188 valence electrons. The minimum Gasteiger partial charge on any atom is -0.496 e. The molecule has 1 atom stereocenters. The fraction of sp³-hybridized carbons (Fsp3) is 0.333. The van der Waals surface area contributed by atoms with Gasteiger partial charge in [0.25, 0.3) is 5.69 Å². The molecule has 2 aromatic carbocycles. The standard InChI is InChI=1S/C24H25N5O6S/c1-35-20-5-3-2-4-17(20)16-8-10-28(11-9-16)18-7-6-15(12-19(18)29(33)34)14-25-27-24-26-23(32)21(36-24)13-22(30)31/h2-7,12,14,16,21H,8-11,13H2,1H3,(H,30,31)(H,26,27,32). The number of carbonyl (C=O) groups is 2. The lowest BCUT2D eigenvalue weighted by Gasteiger charge is -2.34. The zero-order valence-electron chi connectivity index (χ0n) is 19.5. The fourth-order valence-electron chi connectivity index (χ4n) is 4.36. The minimum absolute atomic E-state index is 0.0209. The Bertz CT molecular complexity index is 1230. The Morgan fingerprint density at radius 1 is 1.31 bits per heavy atom. The molecule has 2 N–H and O–H groups in total. The van der Waals surface area contributed by atoms with Crippen LogP contribution in [-0.2, 0) is 9.59 Å². The van der Waals surface area contributed by atoms with E-state index in [4.69, 9.17) is 9.84 Å². The Labute approximate surface area is 211 Å². The van der Waals surface area contributed by atoms with Crippen LogP contribution in [0.15, 0.2) is 52.7 Å². The van der Waals surface area contributed by atoms with E-state index in [9.17, 15) is 19.7 Å². The molecular weight excluding hydrogens is 486 g/mol. The van der Waals surface area contributed by atoms with Gasteiger partial charge in [-0.05, 0) is 36.5 Å². The van der Waals surface area contributed by atoms with Crippen LogP contribution in [0.3, 0.4) is 0 Å². The van der Waals surface area contributed by atoms with Crippen LogP contribution in [-0.4, -0.2) is 58.7 Å². The summed E-state index contributed by atoms with van der Waals surface area (Å²) in [7, 11) is 1.66. The summed E-state index contributed by atoms with van der Waals surface area (Å²) >= 11 is 0.984. The molecule has 2 aliphatic heterocycles. The number of nitro benzene ring substituents is 1. The van der Waals surface area contributed by atoms with Gasteiger partial charge < -0.3 is 20.1 Å². The molecule has 0 radical (unpaired) electrons. The number of nitrogens with one attached hydrogen (secondary N) is 1. The van der Waals surface area contributed by atoms with E-state index >= 15 is 0 Å². The highest BCUT2D eigenvalue weighted by molar-refractivity contribution is 8.15. The van der Waals surface area contributed by atoms with E-state index in [-0.39, 0.29) is 17.3 Å². The van der Waals surface area contributed by atoms with Crippen LogP contribution >= 0.6 is 11.8 Å². The van der Waals surface area contributed by atoms with Gasteiger partial charge in [0.05, 0.1) is 24.7 Å². The van der Waals surface area contributed by atoms with E-state index in [0.29, 0.717) is 30.3 Å². The van der Waals surface area contributed by atoms with Crippen molar-refractivity contribution in [3.05, 3.63) is 63.7 Å². The van der Waals surface area contributed by atoms with E-state index in [1.165, 1.54) is 12.3 Å². The summed E-state index contributed by atoms with van der Waals surface area (Å²) in [5.74, 6) is -0.331. The molecule has 36 heavy (non-hydrogen) atoms. The number of rotatable bonds is 8. The van der Waals surface area contributed by atoms with Crippen molar-refractivity contribution in [3.63, 3.8) is 0 Å². The average Bonchev–Trinajstić information content (AvgIpc) is 3.22. The van der Waals surface area contributed by atoms with Gasteiger partial charge in [-0.1, -0.05) is 36.0 Å². The van der Waals surface area contributed by atoms with Crippen LogP contribution < -0.4 is 15.0 Å². The van der Waals surface area contributed by atoms with Crippen LogP contribution in [0.25, 0.3) is 0 Å². The Hall–Kier alpha value is -3.93. The molecule has 2 fully saturated rings. The van der Waals surface area contributed by atoms with Gasteiger partial charge in [0, 0.05) is 24.7 Å². The second kappa shape index (κ2) is 11.2. The molecule has 1 unspecified atom stereocenters. The SMILES string of the molecule is COc1ccccc1C1CCN(c2ccc(C=NN=C3NC(=O)C(CC(=O)O)S3)cc2[N+](=O)[O-])CC1. The molecule has 0 bridgehead atoms. The van der Waals surface area contributed by atoms with Gasteiger partial charge in [-0.2, -0.15) is 5.10 Å². The summed E-state index contributed by atoms with van der Waals surface area (Å²) in [6.07, 6.45) is 2.74. The Kier molecular flexibility index (Phi) is 7.84. The number of carboxylic acids is 1. The maximum absolute atomic E-state index is 11.8. The first-order valence-electron chi connectivity index (χ1n) is 11.3. The Morgan fingerprint density at radius 3 is 2.75 bits per heavy atom. The van der Waals surface area contributed by atoms with Crippen molar-refractivity contribution in [1.29, 1.82) is 0 Å². The Morgan fingerprint density at radius 2 is 2.06 bits per heavy atom. The first-order valence-corrected chi connectivity index (χ1v) is 12.2. The number of nitro groups is 1. The molecule has 0 aliphatic carbocycles. The highest BCUT2D eigenvalue weighted by Gasteiger charge is 2.32. The monoisotopic (exact) mass is 511 g/mol. The van der Waals surface area contributed by atoms with E-state index in [1.807, 2.05) is 23.1 Å². The zero-order chi connectivity index (χ0) is 25.7. The minimum atomic E-state index is -1.08. The largest absolute Gasteiger partial charge is 0.496 e. The van der Waals surface area contributed by atoms with Gasteiger partial charge in [-0.3, -0.25) is 19.7 Å². The van der Waals surface area contributed by atoms with E-state index < -0.39 is 22.0 Å². The number of benzene rings is 2. The lowest BCUT2D eigenvalue weighted by Crippen LogP contribution is -2.33. The van der Waals surface area contributed by atoms with Gasteiger partial charge in [-0.25, -0.2) is 0 Å². The molecule has 4 rings (SSSR count). The number of hydrogen-bond donors (Lipinski definition) is 2. The van der Waals surface area contributed by atoms with Crippen molar-refractivity contribution in [3.8, 4) is 5.75 Å². The van der Waals surface area contributed by atoms with Crippen molar-refractivity contribution in [2.24, 2.45) is 10.2 Å². The van der Waals surface area contributed by atoms with Gasteiger partial charge in [0.1, 0.15) is 16.7 Å². The Balaban J connectivity index is 1.43. The molecule has 2 aliphatic rings. The summed E-state index contributed by atoms with van der Waals surface area (Å²) in [5, 5.41) is 30.4. The summed E-state index contributed by atoms with van der Waals surface area (Å²) in [4.78, 5) is 36.0. The van der Waals surface area contributed by atoms with Crippen LogP contribution in [0.2, 0.25) is 0 Å². The van der Waals surface area contributed by atoms with E-state index in [0.717, 1.165) is 35.9 Å². The third kappa shape index (κ3) is 5.82. The smallest absolute Gasteiger partial charge is 0.305 e. The number of carbonyl (C=O) groups excluding carboxylic acids is 1. The summed E-state index contributed by atoms with van der Waals surface area (Å²) < 4.78 is 5.49. The lowest BCUT2D eigenvalue weighted by atomic mass is 9.88. The predicted molar refractivity (Wildman–Crippen MR) is 137 cm³/mol. The molecule has 0 saturated carbocycles. The maximum Gasteiger partial charge on any atom is 0.305 e. The number of hydrogen-bond acceptors (Lipinski definition) is 9. The second-order valence-electron chi connectivity index (χ2n) is 8.35. The summed E-state index contributed by atoms with van der Waals surface area (Å²) in [5.41, 5.74) is 2.17. The third-order valence-corrected chi connectivity index (χ3v) is 7.17. The number of ether oxygens (including phenoxy) is 1. The van der Waals surface area contributed by atoms with Crippen molar-refractivity contribution in [1.82, 2.24) is 5.32 Å². The first-order chi connectivity index (χ1) is 17.4. The van der Waals surface area contributed by atoms with E-state index in [2.05, 4.69) is 21.6 Å². The quantitative estimate of drug-likeness (QED) is 0.311. The molecule has 2 heterocycles. The summed E-state index contributed by atoms with van der Waals surface area (Å²) in [6.45, 7) is 1.36. The number of methoxy groups -OCH3 is 1. The van der Waals surface area contributed by atoms with Crippen LogP contribution in [0, 0.1) is 10.1 Å². The molecule has 1 amide bonds. The number of para-hydroxylation sites is 1. The number of amides is 1. The van der Waals surface area contributed by atoms with Gasteiger partial charge in [0.2, 0.25) is 5.91 Å². The topological polar surface area (TPSA) is 147 Å². The average molecular weight is 512 g/mol. The van der Waals surface area contributed by atoms with Gasteiger partial charge in [-0.15, -0.1) is 5.10 Å². The van der Waals surface area contributed by atoms with Crippen LogP contribution in [0.4, 0.5) is 11.4 Å². The zero-order valence-corrected chi connectivity index (χ0v) is 20.3. The lowest BCUT2D eigenvalue weighted by molar-refractivity contribution is -0.384. The molecule has 2 aromatic rings. The number of amidine groups is 1. The second-order valence-corrected chi connectivity index (χ2v) is 9.54. The highest BCUT2D eigenvalue weighted by Crippen LogP contribution is 2.37. The molecule has 0 spiro atoms. The molecule has 0 aromatic heterocycles. The molecular formula is C24H25N5O6S. The third-order valence-electron chi connectivity index (χ3n) is 6.10. The van der Waals surface area contributed by atoms with Crippen LogP contribution in [0.5, 0.6) is 5.75 Å². The number of thioether (sulfide) groups is 1. The van der Waals surface area contributed by atoms with Crippen LogP contribution in [0.1, 0.15) is 36.3 Å². The number of carboxylic acid groups (broad SMARTS) is 1.